The van der Waals surface area contributed by atoms with Crippen molar-refractivity contribution in [1.82, 2.24) is 20.4 Å². The predicted octanol–water partition coefficient (Wildman–Crippen LogP) is 2.97. The third-order valence-electron chi connectivity index (χ3n) is 4.35. The Labute approximate surface area is 161 Å². The number of carbonyl (C=O) groups is 1. The van der Waals surface area contributed by atoms with Gasteiger partial charge in [0.05, 0.1) is 0 Å². The zero-order valence-electron chi connectivity index (χ0n) is 14.7. The van der Waals surface area contributed by atoms with E-state index in [1.165, 1.54) is 36.5 Å². The summed E-state index contributed by atoms with van der Waals surface area (Å²) in [5.41, 5.74) is 0.679. The van der Waals surface area contributed by atoms with Crippen molar-refractivity contribution < 1.29 is 26.9 Å². The number of halogens is 4. The number of alkyl halides is 3. The number of hydrogen-bond acceptors (Lipinski definition) is 6. The van der Waals surface area contributed by atoms with Gasteiger partial charge in [-0.2, -0.15) is 18.2 Å². The van der Waals surface area contributed by atoms with Gasteiger partial charge in [0.15, 0.2) is 0 Å². The Bertz CT molecular complexity index is 1040. The van der Waals surface area contributed by atoms with Crippen LogP contribution in [0.1, 0.15) is 17.5 Å². The number of pyridine rings is 1. The number of aromatic nitrogens is 3. The smallest absolute Gasteiger partial charge is 0.352 e. The summed E-state index contributed by atoms with van der Waals surface area (Å²) in [7, 11) is 0. The van der Waals surface area contributed by atoms with Crippen molar-refractivity contribution in [2.75, 3.05) is 18.0 Å². The van der Waals surface area contributed by atoms with Gasteiger partial charge < -0.3 is 14.7 Å². The molecule has 4 rings (SSSR count). The number of nitrogens with zero attached hydrogens (tertiary/aromatic N) is 4. The molecule has 3 heterocycles. The third-order valence-corrected chi connectivity index (χ3v) is 4.35. The zero-order chi connectivity index (χ0) is 20.6. The Morgan fingerprint density at radius 2 is 2.03 bits per heavy atom. The molecule has 0 saturated carbocycles. The molecule has 1 N–H and O–H groups in total. The Morgan fingerprint density at radius 3 is 2.69 bits per heavy atom. The van der Waals surface area contributed by atoms with E-state index in [1.54, 1.807) is 11.0 Å². The summed E-state index contributed by atoms with van der Waals surface area (Å²) in [6.45, 7) is 0.785. The first-order chi connectivity index (χ1) is 13.8. The Balaban J connectivity index is 1.63. The second-order valence-corrected chi connectivity index (χ2v) is 6.27. The molecule has 0 aliphatic carbocycles. The van der Waals surface area contributed by atoms with Gasteiger partial charge in [0.2, 0.25) is 11.7 Å². The molecule has 1 aliphatic heterocycles. The van der Waals surface area contributed by atoms with Crippen LogP contribution < -0.4 is 10.2 Å². The fraction of sp³-hybridized carbons (Fsp3) is 0.222. The molecular formula is C18H13F4N5O2. The number of nitrogens with one attached hydrogen (secondary N) is 1. The number of hydrogen-bond donors (Lipinski definition) is 1. The van der Waals surface area contributed by atoms with Crippen molar-refractivity contribution in [2.45, 2.75) is 12.2 Å². The molecule has 1 saturated heterocycles. The van der Waals surface area contributed by atoms with Crippen LogP contribution >= 0.6 is 0 Å². The quantitative estimate of drug-likeness (QED) is 0.672. The highest BCUT2D eigenvalue weighted by molar-refractivity contribution is 5.87. The summed E-state index contributed by atoms with van der Waals surface area (Å²) in [6, 6.07) is 7.91. The Hall–Kier alpha value is -3.50. The second kappa shape index (κ2) is 7.15. The Morgan fingerprint density at radius 1 is 1.21 bits per heavy atom. The molecule has 1 aliphatic rings. The van der Waals surface area contributed by atoms with Gasteiger partial charge >= 0.3 is 12.1 Å². The first-order valence-corrected chi connectivity index (χ1v) is 8.50. The normalized spacial score (nSPS) is 17.3. The number of rotatable bonds is 3. The number of amides is 1. The van der Waals surface area contributed by atoms with Crippen LogP contribution in [-0.4, -0.2) is 34.1 Å². The maximum absolute atomic E-state index is 13.6. The van der Waals surface area contributed by atoms with Gasteiger partial charge in [-0.1, -0.05) is 17.3 Å². The lowest BCUT2D eigenvalue weighted by molar-refractivity contribution is -0.159. The molecule has 1 amide bonds. The van der Waals surface area contributed by atoms with Gasteiger partial charge in [-0.3, -0.25) is 4.79 Å². The van der Waals surface area contributed by atoms with E-state index < -0.39 is 23.9 Å². The molecule has 1 fully saturated rings. The van der Waals surface area contributed by atoms with E-state index in [1.807, 2.05) is 0 Å². The second-order valence-electron chi connectivity index (χ2n) is 6.27. The SMILES string of the molecule is O=C1NCCN(c2ccc(-c3noc(C(F)(F)F)n3)cn2)C1c1cccc(F)c1. The van der Waals surface area contributed by atoms with Crippen molar-refractivity contribution in [3.8, 4) is 11.4 Å². The summed E-state index contributed by atoms with van der Waals surface area (Å²) in [6.07, 6.45) is -3.45. The molecule has 150 valence electrons. The highest BCUT2D eigenvalue weighted by atomic mass is 19.4. The molecule has 3 aromatic rings. The lowest BCUT2D eigenvalue weighted by Crippen LogP contribution is -2.50. The molecule has 7 nitrogen and oxygen atoms in total. The van der Waals surface area contributed by atoms with Gasteiger partial charge in [-0.15, -0.1) is 0 Å². The summed E-state index contributed by atoms with van der Waals surface area (Å²) in [4.78, 5) is 21.7. The van der Waals surface area contributed by atoms with Crippen LogP contribution in [0.3, 0.4) is 0 Å². The topological polar surface area (TPSA) is 84.2 Å². The Kier molecular flexibility index (Phi) is 4.65. The van der Waals surface area contributed by atoms with E-state index in [9.17, 15) is 22.4 Å². The molecule has 11 heteroatoms. The van der Waals surface area contributed by atoms with Crippen molar-refractivity contribution in [3.63, 3.8) is 0 Å². The average molecular weight is 407 g/mol. The predicted molar refractivity (Wildman–Crippen MR) is 92.0 cm³/mol. The number of anilines is 1. The average Bonchev–Trinajstić information content (AvgIpc) is 3.19. The molecule has 0 bridgehead atoms. The molecule has 0 spiro atoms. The van der Waals surface area contributed by atoms with Crippen LogP contribution in [-0.2, 0) is 11.0 Å². The van der Waals surface area contributed by atoms with E-state index in [2.05, 4.69) is 25.0 Å². The molecule has 2 aromatic heterocycles. The molecule has 1 atom stereocenters. The summed E-state index contributed by atoms with van der Waals surface area (Å²) < 4.78 is 55.7. The summed E-state index contributed by atoms with van der Waals surface area (Å²) in [5.74, 6) is -2.08. The van der Waals surface area contributed by atoms with Crippen LogP contribution in [0, 0.1) is 5.82 Å². The minimum Gasteiger partial charge on any atom is -0.352 e. The number of carbonyl (C=O) groups excluding carboxylic acids is 1. The van der Waals surface area contributed by atoms with Gasteiger partial charge in [0, 0.05) is 24.8 Å². The lowest BCUT2D eigenvalue weighted by Gasteiger charge is -2.36. The lowest BCUT2D eigenvalue weighted by atomic mass is 10.0. The minimum absolute atomic E-state index is 0.219. The van der Waals surface area contributed by atoms with Crippen LogP contribution in [0.2, 0.25) is 0 Å². The fourth-order valence-electron chi connectivity index (χ4n) is 3.07. The molecule has 1 unspecified atom stereocenters. The van der Waals surface area contributed by atoms with E-state index in [-0.39, 0.29) is 17.3 Å². The van der Waals surface area contributed by atoms with Crippen LogP contribution in [0.4, 0.5) is 23.4 Å². The van der Waals surface area contributed by atoms with Crippen LogP contribution in [0.5, 0.6) is 0 Å². The minimum atomic E-state index is -4.74. The largest absolute Gasteiger partial charge is 0.471 e. The van der Waals surface area contributed by atoms with Crippen molar-refractivity contribution in [3.05, 3.63) is 59.9 Å². The first kappa shape index (κ1) is 18.8. The summed E-state index contributed by atoms with van der Waals surface area (Å²) >= 11 is 0. The van der Waals surface area contributed by atoms with E-state index in [0.29, 0.717) is 24.5 Å². The van der Waals surface area contributed by atoms with E-state index in [4.69, 9.17) is 0 Å². The highest BCUT2D eigenvalue weighted by Gasteiger charge is 2.38. The van der Waals surface area contributed by atoms with Crippen LogP contribution in [0.15, 0.2) is 47.1 Å². The van der Waals surface area contributed by atoms with Gasteiger partial charge in [0.1, 0.15) is 17.7 Å². The standard InChI is InChI=1S/C18H13F4N5O2/c19-12-3-1-2-10(8-12)14-16(28)23-6-7-27(14)13-5-4-11(9-24-13)15-25-17(29-26-15)18(20,21)22/h1-5,8-9,14H,6-7H2,(H,23,28). The van der Waals surface area contributed by atoms with Crippen molar-refractivity contribution in [1.29, 1.82) is 0 Å². The maximum atomic E-state index is 13.6. The number of benzene rings is 1. The van der Waals surface area contributed by atoms with Crippen LogP contribution in [0.25, 0.3) is 11.4 Å². The van der Waals surface area contributed by atoms with Gasteiger partial charge in [-0.25, -0.2) is 9.37 Å². The number of piperazine rings is 1. The molecular weight excluding hydrogens is 394 g/mol. The fourth-order valence-corrected chi connectivity index (χ4v) is 3.07. The van der Waals surface area contributed by atoms with Gasteiger partial charge in [0.25, 0.3) is 0 Å². The van der Waals surface area contributed by atoms with Crippen molar-refractivity contribution in [2.24, 2.45) is 0 Å². The zero-order valence-corrected chi connectivity index (χ0v) is 14.7. The maximum Gasteiger partial charge on any atom is 0.471 e. The van der Waals surface area contributed by atoms with E-state index in [0.717, 1.165) is 0 Å². The van der Waals surface area contributed by atoms with E-state index >= 15 is 0 Å². The highest BCUT2D eigenvalue weighted by Crippen LogP contribution is 2.31. The molecule has 29 heavy (non-hydrogen) atoms. The van der Waals surface area contributed by atoms with Gasteiger partial charge in [-0.05, 0) is 29.8 Å². The monoisotopic (exact) mass is 407 g/mol. The summed E-state index contributed by atoms with van der Waals surface area (Å²) in [5, 5.41) is 6.05. The van der Waals surface area contributed by atoms with Crippen molar-refractivity contribution >= 4 is 11.7 Å². The first-order valence-electron chi connectivity index (χ1n) is 8.50. The molecule has 1 aromatic carbocycles. The third kappa shape index (κ3) is 3.75. The molecule has 0 radical (unpaired) electrons.